The minimum atomic E-state index is 0.393. The second-order valence-electron chi connectivity index (χ2n) is 6.06. The van der Waals surface area contributed by atoms with E-state index in [1.54, 1.807) is 6.20 Å². The molecule has 0 saturated carbocycles. The van der Waals surface area contributed by atoms with E-state index in [1.165, 1.54) is 18.4 Å². The van der Waals surface area contributed by atoms with Gasteiger partial charge in [0.25, 0.3) is 0 Å². The van der Waals surface area contributed by atoms with Crippen LogP contribution in [0.5, 0.6) is 0 Å². The summed E-state index contributed by atoms with van der Waals surface area (Å²) in [5.74, 6) is 1.50. The Morgan fingerprint density at radius 2 is 2.04 bits per heavy atom. The smallest absolute Gasteiger partial charge is 0.231 e. The molecule has 1 unspecified atom stereocenters. The molecule has 1 aliphatic heterocycles. The summed E-state index contributed by atoms with van der Waals surface area (Å²) in [6.45, 7) is 2.00. The van der Waals surface area contributed by atoms with Crippen molar-refractivity contribution >= 4 is 23.2 Å². The van der Waals surface area contributed by atoms with E-state index in [-0.39, 0.29) is 0 Å². The second-order valence-corrected chi connectivity index (χ2v) is 6.41. The van der Waals surface area contributed by atoms with E-state index in [4.69, 9.17) is 11.6 Å². The molecule has 3 aromatic rings. The van der Waals surface area contributed by atoms with Gasteiger partial charge in [0.15, 0.2) is 10.8 Å². The lowest BCUT2D eigenvalue weighted by Gasteiger charge is -2.32. The summed E-state index contributed by atoms with van der Waals surface area (Å²) in [5.41, 5.74) is 2.02. The summed E-state index contributed by atoms with van der Waals surface area (Å²) in [5, 5.41) is 8.91. The number of aromatic nitrogens is 4. The average Bonchev–Trinajstić information content (AvgIpc) is 3.02. The van der Waals surface area contributed by atoms with Gasteiger partial charge in [0, 0.05) is 25.5 Å². The molecule has 6 heteroatoms. The fourth-order valence-corrected chi connectivity index (χ4v) is 3.55. The number of rotatable bonds is 3. The van der Waals surface area contributed by atoms with E-state index in [2.05, 4.69) is 50.4 Å². The molecule has 0 amide bonds. The van der Waals surface area contributed by atoms with E-state index < -0.39 is 0 Å². The normalized spacial score (nSPS) is 18.5. The molecule has 1 aromatic carbocycles. The van der Waals surface area contributed by atoms with Gasteiger partial charge in [-0.15, -0.1) is 10.2 Å². The molecular weight excluding hydrogens is 310 g/mol. The highest BCUT2D eigenvalue weighted by atomic mass is 35.5. The van der Waals surface area contributed by atoms with E-state index in [1.807, 2.05) is 10.6 Å². The maximum atomic E-state index is 6.09. The first-order valence-corrected chi connectivity index (χ1v) is 8.33. The summed E-state index contributed by atoms with van der Waals surface area (Å²) in [6.07, 6.45) is 7.09. The highest BCUT2D eigenvalue weighted by Gasteiger charge is 2.24. The minimum Gasteiger partial charge on any atom is -0.340 e. The van der Waals surface area contributed by atoms with Crippen molar-refractivity contribution in [3.8, 4) is 0 Å². The first kappa shape index (κ1) is 14.5. The van der Waals surface area contributed by atoms with Gasteiger partial charge in [-0.05, 0) is 30.7 Å². The molecule has 5 nitrogen and oxygen atoms in total. The molecule has 1 fully saturated rings. The molecule has 0 radical (unpaired) electrons. The van der Waals surface area contributed by atoms with Gasteiger partial charge in [0.2, 0.25) is 5.95 Å². The second kappa shape index (κ2) is 6.16. The lowest BCUT2D eigenvalue weighted by molar-refractivity contribution is 0.408. The molecule has 4 rings (SSSR count). The summed E-state index contributed by atoms with van der Waals surface area (Å²) >= 11 is 6.09. The highest BCUT2D eigenvalue weighted by molar-refractivity contribution is 6.32. The Morgan fingerprint density at radius 1 is 1.17 bits per heavy atom. The van der Waals surface area contributed by atoms with Crippen LogP contribution in [0.15, 0.2) is 42.7 Å². The lowest BCUT2D eigenvalue weighted by atomic mass is 9.91. The van der Waals surface area contributed by atoms with Crippen LogP contribution in [0, 0.1) is 5.92 Å². The molecular formula is C17H18ClN5. The number of hydrogen-bond acceptors (Lipinski definition) is 4. The Bertz CT molecular complexity index is 801. The third-order valence-electron chi connectivity index (χ3n) is 4.43. The summed E-state index contributed by atoms with van der Waals surface area (Å²) in [7, 11) is 0. The standard InChI is InChI=1S/C17H18ClN5/c18-15-16-20-21-17(23(16)10-8-19-15)22-9-4-7-14(12-22)11-13-5-2-1-3-6-13/h1-3,5-6,8,10,14H,4,7,9,11-12H2. The van der Waals surface area contributed by atoms with Crippen LogP contribution >= 0.6 is 11.6 Å². The van der Waals surface area contributed by atoms with Crippen LogP contribution in [0.2, 0.25) is 5.15 Å². The predicted molar refractivity (Wildman–Crippen MR) is 90.9 cm³/mol. The number of piperidine rings is 1. The highest BCUT2D eigenvalue weighted by Crippen LogP contribution is 2.25. The van der Waals surface area contributed by atoms with Crippen molar-refractivity contribution in [1.82, 2.24) is 19.6 Å². The Morgan fingerprint density at radius 3 is 2.91 bits per heavy atom. The molecule has 0 bridgehead atoms. The van der Waals surface area contributed by atoms with Crippen molar-refractivity contribution in [2.75, 3.05) is 18.0 Å². The van der Waals surface area contributed by atoms with Crippen LogP contribution in [-0.4, -0.2) is 32.7 Å². The number of halogens is 1. The van der Waals surface area contributed by atoms with Crippen LogP contribution in [0.25, 0.3) is 5.65 Å². The van der Waals surface area contributed by atoms with Gasteiger partial charge in [-0.1, -0.05) is 41.9 Å². The van der Waals surface area contributed by atoms with E-state index in [0.717, 1.165) is 25.5 Å². The molecule has 118 valence electrons. The lowest BCUT2D eigenvalue weighted by Crippen LogP contribution is -2.37. The first-order valence-electron chi connectivity index (χ1n) is 7.95. The van der Waals surface area contributed by atoms with E-state index >= 15 is 0 Å². The monoisotopic (exact) mass is 327 g/mol. The number of anilines is 1. The number of benzene rings is 1. The largest absolute Gasteiger partial charge is 0.340 e. The molecule has 2 aromatic heterocycles. The van der Waals surface area contributed by atoms with Crippen molar-refractivity contribution in [3.63, 3.8) is 0 Å². The molecule has 3 heterocycles. The molecule has 1 saturated heterocycles. The van der Waals surface area contributed by atoms with Crippen LogP contribution in [0.1, 0.15) is 18.4 Å². The molecule has 0 N–H and O–H groups in total. The molecule has 23 heavy (non-hydrogen) atoms. The summed E-state index contributed by atoms with van der Waals surface area (Å²) in [4.78, 5) is 6.37. The quantitative estimate of drug-likeness (QED) is 0.741. The average molecular weight is 328 g/mol. The summed E-state index contributed by atoms with van der Waals surface area (Å²) in [6, 6.07) is 10.7. The van der Waals surface area contributed by atoms with Gasteiger partial charge in [-0.25, -0.2) is 4.98 Å². The van der Waals surface area contributed by atoms with Crippen molar-refractivity contribution in [1.29, 1.82) is 0 Å². The number of fused-ring (bicyclic) bond motifs is 1. The molecule has 1 atom stereocenters. The van der Waals surface area contributed by atoms with Crippen molar-refractivity contribution < 1.29 is 0 Å². The Kier molecular flexibility index (Phi) is 3.87. The van der Waals surface area contributed by atoms with Gasteiger partial charge in [0.05, 0.1) is 0 Å². The topological polar surface area (TPSA) is 46.3 Å². The maximum Gasteiger partial charge on any atom is 0.231 e. The zero-order valence-electron chi connectivity index (χ0n) is 12.8. The van der Waals surface area contributed by atoms with Gasteiger partial charge < -0.3 is 4.90 Å². The van der Waals surface area contributed by atoms with E-state index in [0.29, 0.717) is 16.7 Å². The van der Waals surface area contributed by atoms with Gasteiger partial charge >= 0.3 is 0 Å². The van der Waals surface area contributed by atoms with Crippen LogP contribution in [0.4, 0.5) is 5.95 Å². The summed E-state index contributed by atoms with van der Waals surface area (Å²) < 4.78 is 1.93. The Hall–Kier alpha value is -2.14. The van der Waals surface area contributed by atoms with Crippen molar-refractivity contribution in [3.05, 3.63) is 53.4 Å². The number of hydrogen-bond donors (Lipinski definition) is 0. The van der Waals surface area contributed by atoms with Crippen LogP contribution in [-0.2, 0) is 6.42 Å². The number of nitrogens with zero attached hydrogens (tertiary/aromatic N) is 5. The zero-order chi connectivity index (χ0) is 15.6. The third-order valence-corrected chi connectivity index (χ3v) is 4.70. The van der Waals surface area contributed by atoms with Crippen LogP contribution in [0.3, 0.4) is 0 Å². The van der Waals surface area contributed by atoms with Gasteiger partial charge in [0.1, 0.15) is 0 Å². The van der Waals surface area contributed by atoms with Gasteiger partial charge in [-0.3, -0.25) is 4.40 Å². The SMILES string of the molecule is Clc1nccn2c(N3CCCC(Cc4ccccc4)C3)nnc12. The van der Waals surface area contributed by atoms with Crippen molar-refractivity contribution in [2.24, 2.45) is 5.92 Å². The van der Waals surface area contributed by atoms with Gasteiger partial charge in [-0.2, -0.15) is 0 Å². The van der Waals surface area contributed by atoms with Crippen molar-refractivity contribution in [2.45, 2.75) is 19.3 Å². The zero-order valence-corrected chi connectivity index (χ0v) is 13.5. The molecule has 0 aliphatic carbocycles. The first-order chi connectivity index (χ1) is 11.3. The van der Waals surface area contributed by atoms with Crippen LogP contribution < -0.4 is 4.90 Å². The fraction of sp³-hybridized carbons (Fsp3) is 0.353. The minimum absolute atomic E-state index is 0.393. The van der Waals surface area contributed by atoms with E-state index in [9.17, 15) is 0 Å². The Balaban J connectivity index is 1.56. The molecule has 0 spiro atoms. The third kappa shape index (κ3) is 2.88. The Labute approximate surface area is 139 Å². The predicted octanol–water partition coefficient (Wildman–Crippen LogP) is 3.24. The molecule has 1 aliphatic rings. The maximum absolute atomic E-state index is 6.09. The fourth-order valence-electron chi connectivity index (χ4n) is 3.36.